The molecule has 0 amide bonds. The van der Waals surface area contributed by atoms with Gasteiger partial charge in [-0.3, -0.25) is 0 Å². The minimum absolute atomic E-state index is 0.778. The molecule has 3 heteroatoms. The summed E-state index contributed by atoms with van der Waals surface area (Å²) in [7, 11) is 0. The summed E-state index contributed by atoms with van der Waals surface area (Å²) in [6.45, 7) is 0. The van der Waals surface area contributed by atoms with E-state index >= 15 is 0 Å². The maximum atomic E-state index is 5.25. The van der Waals surface area contributed by atoms with E-state index in [1.807, 2.05) is 6.07 Å². The molecule has 8 rings (SSSR count). The smallest absolute Gasteiger partial charge is 0.171 e. The van der Waals surface area contributed by atoms with Gasteiger partial charge in [-0.15, -0.1) is 11.3 Å². The Morgan fingerprint density at radius 3 is 1.92 bits per heavy atom. The minimum Gasteiger partial charge on any atom is -0.227 e. The van der Waals surface area contributed by atoms with Crippen LogP contribution in [0.4, 0.5) is 0 Å². The molecule has 0 aliphatic heterocycles. The van der Waals surface area contributed by atoms with Crippen LogP contribution in [0, 0.1) is 0 Å². The molecule has 172 valence electrons. The van der Waals surface area contributed by atoms with Gasteiger partial charge in [0.2, 0.25) is 0 Å². The first kappa shape index (κ1) is 20.6. The summed E-state index contributed by atoms with van der Waals surface area (Å²) in [5.41, 5.74) is 10.6. The van der Waals surface area contributed by atoms with Crippen molar-refractivity contribution in [1.82, 2.24) is 9.97 Å². The van der Waals surface area contributed by atoms with E-state index in [0.29, 0.717) is 0 Å². The summed E-state index contributed by atoms with van der Waals surface area (Å²) in [6, 6.07) is 42.9. The average Bonchev–Trinajstić information content (AvgIpc) is 3.31. The molecule has 1 aliphatic carbocycles. The lowest BCUT2D eigenvalue weighted by Gasteiger charge is -2.12. The average molecular weight is 489 g/mol. The zero-order chi connectivity index (χ0) is 24.3. The molecule has 0 radical (unpaired) electrons. The van der Waals surface area contributed by atoms with Crippen LogP contribution < -0.4 is 0 Å². The predicted octanol–water partition coefficient (Wildman–Crippen LogP) is 9.49. The topological polar surface area (TPSA) is 25.8 Å². The van der Waals surface area contributed by atoms with Crippen molar-refractivity contribution >= 4 is 32.3 Å². The Kier molecular flexibility index (Phi) is 4.42. The number of fused-ring (bicyclic) bond motifs is 6. The first-order valence-corrected chi connectivity index (χ1v) is 13.3. The highest BCUT2D eigenvalue weighted by Crippen LogP contribution is 2.53. The van der Waals surface area contributed by atoms with E-state index in [1.54, 1.807) is 11.3 Å². The standard InChI is InChI=1S/C34H20N2S/c1-2-11-21(12-3-1)32-27-17-8-9-19-28(27)35-34(36-32)33-31-26-16-7-6-15-24(26)22-13-4-5-14-23(22)25-18-10-20-29(37-33)30(25)31/h1-20H. The molecule has 7 aromatic rings. The quantitative estimate of drug-likeness (QED) is 0.242. The second kappa shape index (κ2) is 7.95. The summed E-state index contributed by atoms with van der Waals surface area (Å²) < 4.78 is 1.26. The molecule has 0 fully saturated rings. The number of hydrogen-bond donors (Lipinski definition) is 0. The molecule has 0 atom stereocenters. The zero-order valence-electron chi connectivity index (χ0n) is 19.8. The van der Waals surface area contributed by atoms with Crippen LogP contribution >= 0.6 is 11.3 Å². The molecule has 0 spiro atoms. The van der Waals surface area contributed by atoms with E-state index in [4.69, 9.17) is 9.97 Å². The second-order valence-corrected chi connectivity index (χ2v) is 10.4. The van der Waals surface area contributed by atoms with Crippen molar-refractivity contribution < 1.29 is 0 Å². The fourth-order valence-corrected chi connectivity index (χ4v) is 6.85. The van der Waals surface area contributed by atoms with E-state index < -0.39 is 0 Å². The van der Waals surface area contributed by atoms with Crippen molar-refractivity contribution in [1.29, 1.82) is 0 Å². The summed E-state index contributed by atoms with van der Waals surface area (Å²) in [5, 5.41) is 2.36. The molecule has 0 bridgehead atoms. The van der Waals surface area contributed by atoms with Gasteiger partial charge in [-0.05, 0) is 39.9 Å². The lowest BCUT2D eigenvalue weighted by atomic mass is 9.94. The number of para-hydroxylation sites is 1. The maximum absolute atomic E-state index is 5.25. The number of nitrogens with zero attached hydrogens (tertiary/aromatic N) is 2. The van der Waals surface area contributed by atoms with Gasteiger partial charge in [0.1, 0.15) is 0 Å². The second-order valence-electron chi connectivity index (χ2n) is 9.36. The van der Waals surface area contributed by atoms with Gasteiger partial charge in [0.05, 0.1) is 16.1 Å². The molecule has 2 heterocycles. The fourth-order valence-electron chi connectivity index (χ4n) is 5.67. The van der Waals surface area contributed by atoms with Crippen LogP contribution in [0.5, 0.6) is 0 Å². The van der Waals surface area contributed by atoms with Crippen LogP contribution in [0.15, 0.2) is 121 Å². The molecule has 0 unspecified atom stereocenters. The normalized spacial score (nSPS) is 11.8. The van der Waals surface area contributed by atoms with E-state index in [0.717, 1.165) is 32.9 Å². The molecule has 5 aromatic carbocycles. The highest BCUT2D eigenvalue weighted by Gasteiger charge is 2.27. The summed E-state index contributed by atoms with van der Waals surface area (Å²) >= 11 is 1.79. The fraction of sp³-hybridized carbons (Fsp3) is 0. The summed E-state index contributed by atoms with van der Waals surface area (Å²) in [6.07, 6.45) is 0. The molecular weight excluding hydrogens is 468 g/mol. The Balaban J connectivity index is 1.51. The molecule has 1 aliphatic rings. The zero-order valence-corrected chi connectivity index (χ0v) is 20.7. The Bertz CT molecular complexity index is 1990. The van der Waals surface area contributed by atoms with Gasteiger partial charge in [0, 0.05) is 26.6 Å². The first-order chi connectivity index (χ1) is 18.4. The van der Waals surface area contributed by atoms with Gasteiger partial charge in [-0.25, -0.2) is 9.97 Å². The highest BCUT2D eigenvalue weighted by molar-refractivity contribution is 7.23. The van der Waals surface area contributed by atoms with E-state index in [-0.39, 0.29) is 0 Å². The lowest BCUT2D eigenvalue weighted by Crippen LogP contribution is -1.95. The van der Waals surface area contributed by atoms with Crippen LogP contribution in [-0.2, 0) is 0 Å². The number of hydrogen-bond acceptors (Lipinski definition) is 3. The van der Waals surface area contributed by atoms with Crippen molar-refractivity contribution in [3.8, 4) is 55.3 Å². The van der Waals surface area contributed by atoms with Gasteiger partial charge in [0.25, 0.3) is 0 Å². The molecule has 2 aromatic heterocycles. The molecule has 0 saturated carbocycles. The molecule has 37 heavy (non-hydrogen) atoms. The molecule has 2 nitrogen and oxygen atoms in total. The predicted molar refractivity (Wildman–Crippen MR) is 156 cm³/mol. The number of rotatable bonds is 2. The highest BCUT2D eigenvalue weighted by atomic mass is 32.1. The van der Waals surface area contributed by atoms with Gasteiger partial charge in [-0.2, -0.15) is 0 Å². The third-order valence-corrected chi connectivity index (χ3v) is 8.42. The minimum atomic E-state index is 0.778. The van der Waals surface area contributed by atoms with Crippen LogP contribution in [0.25, 0.3) is 76.3 Å². The van der Waals surface area contributed by atoms with Crippen molar-refractivity contribution in [2.24, 2.45) is 0 Å². The Morgan fingerprint density at radius 2 is 1.11 bits per heavy atom. The number of aromatic nitrogens is 2. The van der Waals surface area contributed by atoms with Gasteiger partial charge >= 0.3 is 0 Å². The molecular formula is C34H20N2S. The van der Waals surface area contributed by atoms with E-state index in [9.17, 15) is 0 Å². The number of thiophene rings is 1. The van der Waals surface area contributed by atoms with Crippen LogP contribution in [0.3, 0.4) is 0 Å². The van der Waals surface area contributed by atoms with Crippen LogP contribution in [0.1, 0.15) is 0 Å². The van der Waals surface area contributed by atoms with Crippen molar-refractivity contribution in [3.63, 3.8) is 0 Å². The Hall–Kier alpha value is -4.60. The summed E-state index contributed by atoms with van der Waals surface area (Å²) in [4.78, 5) is 11.5. The molecule has 0 N–H and O–H groups in total. The Labute approximate surface area is 218 Å². The van der Waals surface area contributed by atoms with Gasteiger partial charge in [-0.1, -0.05) is 109 Å². The van der Waals surface area contributed by atoms with Crippen molar-refractivity contribution in [2.75, 3.05) is 0 Å². The monoisotopic (exact) mass is 488 g/mol. The SMILES string of the molecule is c1ccc(-c2nc(-c3sc4cccc5c4c3-c3ccccc3-c3ccccc3-5)nc3ccccc23)cc1. The van der Waals surface area contributed by atoms with Crippen LogP contribution in [-0.4, -0.2) is 9.97 Å². The van der Waals surface area contributed by atoms with Gasteiger partial charge in [0.15, 0.2) is 5.82 Å². The van der Waals surface area contributed by atoms with E-state index in [2.05, 4.69) is 115 Å². The van der Waals surface area contributed by atoms with Crippen LogP contribution in [0.2, 0.25) is 0 Å². The number of benzene rings is 5. The van der Waals surface area contributed by atoms with Crippen molar-refractivity contribution in [3.05, 3.63) is 121 Å². The largest absolute Gasteiger partial charge is 0.227 e. The third-order valence-electron chi connectivity index (χ3n) is 7.27. The molecule has 0 saturated heterocycles. The van der Waals surface area contributed by atoms with Gasteiger partial charge < -0.3 is 0 Å². The first-order valence-electron chi connectivity index (χ1n) is 12.4. The third kappa shape index (κ3) is 3.05. The van der Waals surface area contributed by atoms with Crippen molar-refractivity contribution in [2.45, 2.75) is 0 Å². The maximum Gasteiger partial charge on any atom is 0.171 e. The summed E-state index contributed by atoms with van der Waals surface area (Å²) in [5.74, 6) is 0.778. The van der Waals surface area contributed by atoms with E-state index in [1.165, 1.54) is 43.5 Å². The lowest BCUT2D eigenvalue weighted by molar-refractivity contribution is 1.24. The Morgan fingerprint density at radius 1 is 0.486 bits per heavy atom.